The maximum Gasteiger partial charge on any atom is 0.321 e. The predicted molar refractivity (Wildman–Crippen MR) is 162 cm³/mol. The Bertz CT molecular complexity index is 1480. The van der Waals surface area contributed by atoms with E-state index < -0.39 is 6.23 Å². The highest BCUT2D eigenvalue weighted by molar-refractivity contribution is 7.09. The Labute approximate surface area is 239 Å². The predicted octanol–water partition coefficient (Wildman–Crippen LogP) is 7.21. The second-order valence-corrected chi connectivity index (χ2v) is 11.2. The number of para-hydroxylation sites is 1. The molecule has 0 radical (unpaired) electrons. The van der Waals surface area contributed by atoms with Crippen molar-refractivity contribution in [3.05, 3.63) is 93.4 Å². The Morgan fingerprint density at radius 2 is 1.75 bits per heavy atom. The Kier molecular flexibility index (Phi) is 8.38. The van der Waals surface area contributed by atoms with Crippen molar-refractivity contribution < 1.29 is 15.0 Å². The number of phenolic OH excluding ortho intramolecular Hbond substituents is 1. The molecule has 0 aliphatic carbocycles. The molecule has 1 aliphatic heterocycles. The summed E-state index contributed by atoms with van der Waals surface area (Å²) in [6.45, 7) is 7.18. The van der Waals surface area contributed by atoms with Crippen LogP contribution >= 0.6 is 11.3 Å². The lowest BCUT2D eigenvalue weighted by Crippen LogP contribution is -2.40. The summed E-state index contributed by atoms with van der Waals surface area (Å²) in [7, 11) is 0. The number of phenols is 1. The molecule has 1 aromatic heterocycles. The fraction of sp³-hybridized carbons (Fsp3) is 0.312. The van der Waals surface area contributed by atoms with E-state index in [9.17, 15) is 15.0 Å². The summed E-state index contributed by atoms with van der Waals surface area (Å²) in [5, 5.41) is 29.8. The molecule has 2 amide bonds. The van der Waals surface area contributed by atoms with E-state index in [0.29, 0.717) is 18.8 Å². The monoisotopic (exact) mass is 556 g/mol. The number of aromatic hydroxyl groups is 1. The lowest BCUT2D eigenvalue weighted by Gasteiger charge is -2.31. The number of nitrogens with one attached hydrogen (secondary N) is 2. The smallest absolute Gasteiger partial charge is 0.321 e. The van der Waals surface area contributed by atoms with Crippen molar-refractivity contribution in [1.29, 1.82) is 0 Å². The van der Waals surface area contributed by atoms with Crippen LogP contribution in [-0.4, -0.2) is 39.2 Å². The van der Waals surface area contributed by atoms with Gasteiger partial charge in [0.1, 0.15) is 11.4 Å². The molecule has 2 heterocycles. The van der Waals surface area contributed by atoms with E-state index in [1.54, 1.807) is 23.5 Å². The average Bonchev–Trinajstić information content (AvgIpc) is 3.49. The van der Waals surface area contributed by atoms with Gasteiger partial charge in [0.05, 0.1) is 10.7 Å². The number of hydrogen-bond donors (Lipinski definition) is 4. The molecule has 1 atom stereocenters. The van der Waals surface area contributed by atoms with Gasteiger partial charge in [0.25, 0.3) is 0 Å². The molecule has 1 unspecified atom stereocenters. The van der Waals surface area contributed by atoms with E-state index in [1.165, 1.54) is 5.56 Å². The SMILES string of the molecule is CCc1ccc(-c2ccccc2NC(=O)N2CCC(c3nc(C(O)Nc4ccc(O)c(C)c4C)cs3)CC2)cc1. The second-order valence-electron chi connectivity index (χ2n) is 10.3. The molecule has 0 saturated carbocycles. The van der Waals surface area contributed by atoms with Gasteiger partial charge in [-0.2, -0.15) is 0 Å². The first-order valence-electron chi connectivity index (χ1n) is 13.8. The number of likely N-dealkylation sites (tertiary alicyclic amines) is 1. The quantitative estimate of drug-likeness (QED) is 0.142. The molecule has 1 saturated heterocycles. The van der Waals surface area contributed by atoms with Crippen LogP contribution in [-0.2, 0) is 6.42 Å². The van der Waals surface area contributed by atoms with E-state index in [2.05, 4.69) is 41.8 Å². The van der Waals surface area contributed by atoms with Gasteiger partial charge in [-0.05, 0) is 73.6 Å². The van der Waals surface area contributed by atoms with E-state index in [4.69, 9.17) is 4.98 Å². The van der Waals surface area contributed by atoms with Crippen LogP contribution in [0.15, 0.2) is 66.0 Å². The van der Waals surface area contributed by atoms with Gasteiger partial charge in [-0.25, -0.2) is 9.78 Å². The third-order valence-corrected chi connectivity index (χ3v) is 8.87. The van der Waals surface area contributed by atoms with Crippen molar-refractivity contribution in [3.63, 3.8) is 0 Å². The van der Waals surface area contributed by atoms with Crippen LogP contribution < -0.4 is 10.6 Å². The number of rotatable bonds is 7. The first-order chi connectivity index (χ1) is 19.3. The summed E-state index contributed by atoms with van der Waals surface area (Å²) in [5.41, 5.74) is 7.19. The Hall–Kier alpha value is -3.88. The van der Waals surface area contributed by atoms with Crippen molar-refractivity contribution in [3.8, 4) is 16.9 Å². The van der Waals surface area contributed by atoms with Gasteiger partial charge < -0.3 is 25.7 Å². The van der Waals surface area contributed by atoms with Crippen LogP contribution in [0.5, 0.6) is 5.75 Å². The minimum Gasteiger partial charge on any atom is -0.508 e. The summed E-state index contributed by atoms with van der Waals surface area (Å²) >= 11 is 1.55. The molecule has 4 N–H and O–H groups in total. The van der Waals surface area contributed by atoms with Crippen LogP contribution in [0.1, 0.15) is 59.3 Å². The highest BCUT2D eigenvalue weighted by Gasteiger charge is 2.27. The maximum absolute atomic E-state index is 13.2. The number of carbonyl (C=O) groups excluding carboxylic acids is 1. The highest BCUT2D eigenvalue weighted by atomic mass is 32.1. The van der Waals surface area contributed by atoms with E-state index in [0.717, 1.165) is 57.9 Å². The second kappa shape index (κ2) is 12.1. The number of aryl methyl sites for hydroxylation is 1. The summed E-state index contributed by atoms with van der Waals surface area (Å²) in [6, 6.07) is 19.7. The largest absolute Gasteiger partial charge is 0.508 e. The van der Waals surface area contributed by atoms with Gasteiger partial charge in [0.15, 0.2) is 6.23 Å². The highest BCUT2D eigenvalue weighted by Crippen LogP contribution is 2.34. The summed E-state index contributed by atoms with van der Waals surface area (Å²) in [6.07, 6.45) is 1.69. The van der Waals surface area contributed by atoms with E-state index in [-0.39, 0.29) is 17.7 Å². The first kappa shape index (κ1) is 27.7. The number of aliphatic hydroxyl groups excluding tert-OH is 1. The zero-order chi connectivity index (χ0) is 28.2. The van der Waals surface area contributed by atoms with Crippen LogP contribution in [0, 0.1) is 13.8 Å². The van der Waals surface area contributed by atoms with Crippen molar-refractivity contribution in [2.45, 2.75) is 52.2 Å². The Balaban J connectivity index is 1.18. The molecule has 3 aromatic carbocycles. The molecule has 40 heavy (non-hydrogen) atoms. The molecule has 208 valence electrons. The van der Waals surface area contributed by atoms with Gasteiger partial charge in [-0.1, -0.05) is 49.4 Å². The number of anilines is 2. The van der Waals surface area contributed by atoms with Crippen molar-refractivity contribution in [2.24, 2.45) is 0 Å². The van der Waals surface area contributed by atoms with Gasteiger partial charge in [0.2, 0.25) is 0 Å². The van der Waals surface area contributed by atoms with Crippen LogP contribution in [0.4, 0.5) is 16.2 Å². The number of benzene rings is 3. The third-order valence-electron chi connectivity index (χ3n) is 7.84. The molecule has 7 nitrogen and oxygen atoms in total. The number of thiazole rings is 1. The third kappa shape index (κ3) is 5.98. The molecular weight excluding hydrogens is 520 g/mol. The summed E-state index contributed by atoms with van der Waals surface area (Å²) in [5.74, 6) is 0.483. The Morgan fingerprint density at radius 3 is 2.48 bits per heavy atom. The zero-order valence-corrected chi connectivity index (χ0v) is 24.0. The number of aromatic nitrogens is 1. The van der Waals surface area contributed by atoms with Crippen molar-refractivity contribution in [1.82, 2.24) is 9.88 Å². The maximum atomic E-state index is 13.2. The molecule has 4 aromatic rings. The number of carbonyl (C=O) groups is 1. The average molecular weight is 557 g/mol. The minimum absolute atomic E-state index is 0.0879. The number of aliphatic hydroxyl groups is 1. The van der Waals surface area contributed by atoms with Crippen LogP contribution in [0.2, 0.25) is 0 Å². The van der Waals surface area contributed by atoms with Gasteiger partial charge in [-0.3, -0.25) is 0 Å². The van der Waals surface area contributed by atoms with Crippen molar-refractivity contribution in [2.75, 3.05) is 23.7 Å². The number of nitrogens with zero attached hydrogens (tertiary/aromatic N) is 2. The molecule has 0 bridgehead atoms. The van der Waals surface area contributed by atoms with Gasteiger partial charge in [0, 0.05) is 35.6 Å². The molecule has 0 spiro atoms. The van der Waals surface area contributed by atoms with E-state index >= 15 is 0 Å². The number of hydrogen-bond acceptors (Lipinski definition) is 6. The molecule has 1 aliphatic rings. The normalized spacial score (nSPS) is 14.7. The fourth-order valence-corrected chi connectivity index (χ4v) is 6.09. The summed E-state index contributed by atoms with van der Waals surface area (Å²) < 4.78 is 0. The zero-order valence-electron chi connectivity index (χ0n) is 23.1. The number of urea groups is 1. The van der Waals surface area contributed by atoms with Crippen LogP contribution in [0.3, 0.4) is 0 Å². The standard InChI is InChI=1S/C32H36N4O3S/c1-4-22-9-11-23(12-10-22)25-7-5-6-8-27(25)35-32(39)36-17-15-24(16-18-36)31-34-28(19-40-31)30(38)33-26-13-14-29(37)21(3)20(26)2/h5-14,19,24,30,33,37-38H,4,15-18H2,1-3H3,(H,35,39). The minimum atomic E-state index is -0.947. The molecular formula is C32H36N4O3S. The lowest BCUT2D eigenvalue weighted by atomic mass is 9.97. The Morgan fingerprint density at radius 1 is 1.02 bits per heavy atom. The van der Waals surface area contributed by atoms with Gasteiger partial charge in [-0.15, -0.1) is 11.3 Å². The summed E-state index contributed by atoms with van der Waals surface area (Å²) in [4.78, 5) is 19.8. The number of piperidine rings is 1. The fourth-order valence-electron chi connectivity index (χ4n) is 5.09. The molecule has 1 fully saturated rings. The van der Waals surface area contributed by atoms with Gasteiger partial charge >= 0.3 is 6.03 Å². The first-order valence-corrected chi connectivity index (χ1v) is 14.6. The van der Waals surface area contributed by atoms with Crippen molar-refractivity contribution >= 4 is 28.7 Å². The lowest BCUT2D eigenvalue weighted by molar-refractivity contribution is 0.194. The molecule has 8 heteroatoms. The van der Waals surface area contributed by atoms with Crippen LogP contribution in [0.25, 0.3) is 11.1 Å². The molecule has 5 rings (SSSR count). The number of amides is 2. The topological polar surface area (TPSA) is 97.7 Å². The van der Waals surface area contributed by atoms with E-state index in [1.807, 2.05) is 48.4 Å².